The molecule has 1 saturated heterocycles. The Hall–Kier alpha value is -1.27. The fraction of sp³-hybridized carbons (Fsp3) is 0.562. The van der Waals surface area contributed by atoms with Gasteiger partial charge in [0.25, 0.3) is 5.91 Å². The van der Waals surface area contributed by atoms with Crippen molar-refractivity contribution in [2.75, 3.05) is 29.9 Å². The maximum Gasteiger partial charge on any atom is 0.254 e. The van der Waals surface area contributed by atoms with Gasteiger partial charge in [-0.15, -0.1) is 12.4 Å². The monoisotopic (exact) mass is 358 g/mol. The number of carbonyl (C=O) groups is 1. The number of rotatable bonds is 3. The van der Waals surface area contributed by atoms with Crippen molar-refractivity contribution in [2.24, 2.45) is 0 Å². The third-order valence-corrected chi connectivity index (χ3v) is 6.33. The number of halogens is 1. The van der Waals surface area contributed by atoms with E-state index < -0.39 is 9.84 Å². The van der Waals surface area contributed by atoms with Gasteiger partial charge in [0, 0.05) is 30.4 Å². The summed E-state index contributed by atoms with van der Waals surface area (Å²) < 4.78 is 23.4. The van der Waals surface area contributed by atoms with Crippen LogP contribution in [0.25, 0.3) is 0 Å². The van der Waals surface area contributed by atoms with E-state index in [4.69, 9.17) is 0 Å². The molecule has 0 radical (unpaired) electrons. The number of nitrogens with zero attached hydrogens (tertiary/aromatic N) is 1. The minimum absolute atomic E-state index is 0. The summed E-state index contributed by atoms with van der Waals surface area (Å²) in [5.74, 6) is 0.251. The van der Waals surface area contributed by atoms with Crippen molar-refractivity contribution in [1.29, 1.82) is 0 Å². The highest BCUT2D eigenvalue weighted by atomic mass is 35.5. The van der Waals surface area contributed by atoms with Gasteiger partial charge in [0.2, 0.25) is 0 Å². The third kappa shape index (κ3) is 3.63. The number of hydrogen-bond acceptors (Lipinski definition) is 4. The van der Waals surface area contributed by atoms with Crippen molar-refractivity contribution in [3.63, 3.8) is 0 Å². The van der Waals surface area contributed by atoms with Gasteiger partial charge in [-0.25, -0.2) is 8.42 Å². The molecule has 0 aliphatic carbocycles. The lowest BCUT2D eigenvalue weighted by Crippen LogP contribution is -2.41. The lowest BCUT2D eigenvalue weighted by Gasteiger charge is -2.29. The summed E-state index contributed by atoms with van der Waals surface area (Å²) in [5, 5.41) is 3.33. The van der Waals surface area contributed by atoms with Gasteiger partial charge >= 0.3 is 0 Å². The van der Waals surface area contributed by atoms with Crippen LogP contribution in [0, 0.1) is 0 Å². The molecule has 5 nitrogen and oxygen atoms in total. The summed E-state index contributed by atoms with van der Waals surface area (Å²) in [6.45, 7) is 3.38. The molecule has 0 bridgehead atoms. The standard InChI is InChI=1S/C16H22N2O3S.ClH/c1-2-18(12-8-10-22(20,21)11-12)16(19)14-5-3-7-15-13(14)6-4-9-17-15;/h3,5,7,12,17H,2,4,6,8-11H2,1H3;1H. The summed E-state index contributed by atoms with van der Waals surface area (Å²) in [6, 6.07) is 5.57. The van der Waals surface area contributed by atoms with Gasteiger partial charge in [-0.2, -0.15) is 0 Å². The largest absolute Gasteiger partial charge is 0.385 e. The van der Waals surface area contributed by atoms with E-state index in [1.54, 1.807) is 4.90 Å². The molecule has 1 fully saturated rings. The molecule has 23 heavy (non-hydrogen) atoms. The minimum Gasteiger partial charge on any atom is -0.385 e. The second-order valence-corrected chi connectivity index (χ2v) is 8.24. The number of amides is 1. The Morgan fingerprint density at radius 3 is 2.83 bits per heavy atom. The van der Waals surface area contributed by atoms with Crippen LogP contribution in [0.4, 0.5) is 5.69 Å². The molecule has 1 aromatic rings. The zero-order valence-electron chi connectivity index (χ0n) is 13.2. The van der Waals surface area contributed by atoms with Crippen LogP contribution in [0.3, 0.4) is 0 Å². The van der Waals surface area contributed by atoms with Crippen LogP contribution in [-0.4, -0.2) is 49.9 Å². The van der Waals surface area contributed by atoms with Crippen molar-refractivity contribution in [2.45, 2.75) is 32.2 Å². The molecule has 1 unspecified atom stereocenters. The first-order valence-corrected chi connectivity index (χ1v) is 9.71. The number of sulfone groups is 1. The Morgan fingerprint density at radius 2 is 2.17 bits per heavy atom. The predicted octanol–water partition coefficient (Wildman–Crippen LogP) is 2.12. The number of benzene rings is 1. The molecule has 3 rings (SSSR count). The average Bonchev–Trinajstić information content (AvgIpc) is 2.87. The fourth-order valence-corrected chi connectivity index (χ4v) is 5.18. The van der Waals surface area contributed by atoms with Gasteiger partial charge < -0.3 is 10.2 Å². The zero-order chi connectivity index (χ0) is 15.7. The second kappa shape index (κ2) is 7.09. The van der Waals surface area contributed by atoms with Gasteiger partial charge in [-0.3, -0.25) is 4.79 Å². The summed E-state index contributed by atoms with van der Waals surface area (Å²) >= 11 is 0. The van der Waals surface area contributed by atoms with E-state index in [0.717, 1.165) is 36.2 Å². The van der Waals surface area contributed by atoms with Crippen LogP contribution in [0.5, 0.6) is 0 Å². The summed E-state index contributed by atoms with van der Waals surface area (Å²) in [5.41, 5.74) is 2.82. The molecule has 2 heterocycles. The summed E-state index contributed by atoms with van der Waals surface area (Å²) in [6.07, 6.45) is 2.46. The lowest BCUT2D eigenvalue weighted by molar-refractivity contribution is 0.0707. The van der Waals surface area contributed by atoms with Gasteiger partial charge in [-0.05, 0) is 43.9 Å². The van der Waals surface area contributed by atoms with Gasteiger partial charge in [0.1, 0.15) is 0 Å². The van der Waals surface area contributed by atoms with E-state index in [1.807, 2.05) is 25.1 Å². The Bertz CT molecular complexity index is 691. The first-order valence-electron chi connectivity index (χ1n) is 7.89. The molecular weight excluding hydrogens is 336 g/mol. The maximum absolute atomic E-state index is 12.9. The molecule has 0 aromatic heterocycles. The molecule has 1 N–H and O–H groups in total. The lowest BCUT2D eigenvalue weighted by atomic mass is 9.96. The van der Waals surface area contributed by atoms with Gasteiger partial charge in [-0.1, -0.05) is 6.07 Å². The van der Waals surface area contributed by atoms with Gasteiger partial charge in [0.15, 0.2) is 9.84 Å². The molecule has 1 aromatic carbocycles. The number of anilines is 1. The highest BCUT2D eigenvalue weighted by Gasteiger charge is 2.35. The van der Waals surface area contributed by atoms with Crippen molar-refractivity contribution in [3.8, 4) is 0 Å². The van der Waals surface area contributed by atoms with Crippen molar-refractivity contribution in [3.05, 3.63) is 29.3 Å². The third-order valence-electron chi connectivity index (χ3n) is 4.58. The quantitative estimate of drug-likeness (QED) is 0.898. The van der Waals surface area contributed by atoms with Crippen molar-refractivity contribution < 1.29 is 13.2 Å². The maximum atomic E-state index is 12.9. The van der Waals surface area contributed by atoms with Crippen LogP contribution in [0.2, 0.25) is 0 Å². The number of nitrogens with one attached hydrogen (secondary N) is 1. The number of fused-ring (bicyclic) bond motifs is 1. The first-order chi connectivity index (χ1) is 10.5. The number of carbonyl (C=O) groups excluding carboxylic acids is 1. The van der Waals surface area contributed by atoms with E-state index >= 15 is 0 Å². The smallest absolute Gasteiger partial charge is 0.254 e. The van der Waals surface area contributed by atoms with Crippen LogP contribution < -0.4 is 5.32 Å². The van der Waals surface area contributed by atoms with Gasteiger partial charge in [0.05, 0.1) is 11.5 Å². The molecule has 1 amide bonds. The second-order valence-electron chi connectivity index (χ2n) is 6.01. The Balaban J connectivity index is 0.00000192. The molecule has 2 aliphatic heterocycles. The van der Waals surface area contributed by atoms with E-state index in [9.17, 15) is 13.2 Å². The van der Waals surface area contributed by atoms with Crippen LogP contribution in [-0.2, 0) is 16.3 Å². The minimum atomic E-state index is -2.99. The van der Waals surface area contributed by atoms with E-state index in [0.29, 0.717) is 13.0 Å². The normalized spacial score (nSPS) is 21.7. The van der Waals surface area contributed by atoms with Crippen LogP contribution >= 0.6 is 12.4 Å². The molecule has 128 valence electrons. The van der Waals surface area contributed by atoms with Crippen molar-refractivity contribution >= 4 is 33.8 Å². The van der Waals surface area contributed by atoms with Crippen molar-refractivity contribution in [1.82, 2.24) is 4.90 Å². The Morgan fingerprint density at radius 1 is 1.39 bits per heavy atom. The van der Waals surface area contributed by atoms with Crippen LogP contribution in [0.15, 0.2) is 18.2 Å². The molecule has 2 aliphatic rings. The molecule has 1 atom stereocenters. The molecule has 7 heteroatoms. The summed E-state index contributed by atoms with van der Waals surface area (Å²) in [4.78, 5) is 14.7. The Labute approximate surface area is 143 Å². The molecule has 0 saturated carbocycles. The Kier molecular flexibility index (Phi) is 5.57. The SMILES string of the molecule is CCN(C(=O)c1cccc2c1CCCN2)C1CCS(=O)(=O)C1.Cl. The highest BCUT2D eigenvalue weighted by Crippen LogP contribution is 2.28. The predicted molar refractivity (Wildman–Crippen MR) is 94.3 cm³/mol. The fourth-order valence-electron chi connectivity index (χ4n) is 3.45. The average molecular weight is 359 g/mol. The van der Waals surface area contributed by atoms with E-state index in [1.165, 1.54) is 0 Å². The molecule has 0 spiro atoms. The number of hydrogen-bond donors (Lipinski definition) is 1. The van der Waals surface area contributed by atoms with E-state index in [2.05, 4.69) is 5.32 Å². The first kappa shape index (κ1) is 18.1. The molecular formula is C16H23ClN2O3S. The van der Waals surface area contributed by atoms with Crippen LogP contribution in [0.1, 0.15) is 35.7 Å². The highest BCUT2D eigenvalue weighted by molar-refractivity contribution is 7.91. The van der Waals surface area contributed by atoms with E-state index in [-0.39, 0.29) is 35.9 Å². The zero-order valence-corrected chi connectivity index (χ0v) is 14.9. The summed E-state index contributed by atoms with van der Waals surface area (Å²) in [7, 11) is -2.99. The topological polar surface area (TPSA) is 66.5 Å².